The summed E-state index contributed by atoms with van der Waals surface area (Å²) < 4.78 is 29.8. The Hall–Kier alpha value is -1.68. The van der Waals surface area contributed by atoms with Crippen molar-refractivity contribution >= 4 is 33.4 Å². The second kappa shape index (κ2) is 10.4. The number of carbonyl (C=O) groups excluding carboxylic acids is 2. The minimum absolute atomic E-state index is 0.0112. The monoisotopic (exact) mass is 445 g/mol. The fourth-order valence-electron chi connectivity index (χ4n) is 2.94. The van der Waals surface area contributed by atoms with Gasteiger partial charge in [0.2, 0.25) is 21.8 Å². The summed E-state index contributed by atoms with van der Waals surface area (Å²) >= 11 is 5.92. The molecule has 1 aliphatic rings. The maximum absolute atomic E-state index is 12.9. The quantitative estimate of drug-likeness (QED) is 0.617. The number of ether oxygens (including phenoxy) is 1. The summed E-state index contributed by atoms with van der Waals surface area (Å²) in [5.41, 5.74) is 0.781. The van der Waals surface area contributed by atoms with Crippen LogP contribution in [0.3, 0.4) is 0 Å². The summed E-state index contributed by atoms with van der Waals surface area (Å²) in [5, 5.41) is 3.39. The first-order chi connectivity index (χ1) is 13.6. The molecule has 0 radical (unpaired) electrons. The third-order valence-electron chi connectivity index (χ3n) is 4.89. The Kier molecular flexibility index (Phi) is 8.45. The standard InChI is InChI=1S/C19H28ClN3O5S/c1-14(19(25)21-11-17-5-4-10-28-17)23(12-15-6-8-16(20)9-7-15)18(24)13-22(2)29(3,26)27/h6-9,14,17H,4-5,10-13H2,1-3H3,(H,21,25)/t14-,17+/m0/s1. The number of amides is 2. The zero-order chi connectivity index (χ0) is 21.6. The van der Waals surface area contributed by atoms with Gasteiger partial charge >= 0.3 is 0 Å². The van der Waals surface area contributed by atoms with Crippen LogP contribution in [-0.2, 0) is 30.9 Å². The van der Waals surface area contributed by atoms with Crippen LogP contribution in [-0.4, -0.2) is 74.6 Å². The van der Waals surface area contributed by atoms with Gasteiger partial charge in [0.05, 0.1) is 18.9 Å². The fourth-order valence-corrected chi connectivity index (χ4v) is 3.41. The van der Waals surface area contributed by atoms with Crippen LogP contribution < -0.4 is 5.32 Å². The van der Waals surface area contributed by atoms with E-state index in [-0.39, 0.29) is 25.1 Å². The first-order valence-corrected chi connectivity index (χ1v) is 11.6. The molecule has 2 atom stereocenters. The Morgan fingerprint density at radius 1 is 1.31 bits per heavy atom. The van der Waals surface area contributed by atoms with E-state index >= 15 is 0 Å². The lowest BCUT2D eigenvalue weighted by molar-refractivity contribution is -0.140. The number of hydrogen-bond acceptors (Lipinski definition) is 5. The molecular weight excluding hydrogens is 418 g/mol. The average Bonchev–Trinajstić information content (AvgIpc) is 3.17. The zero-order valence-corrected chi connectivity index (χ0v) is 18.5. The predicted octanol–water partition coefficient (Wildman–Crippen LogP) is 1.24. The molecule has 1 heterocycles. The van der Waals surface area contributed by atoms with Crippen molar-refractivity contribution < 1.29 is 22.7 Å². The van der Waals surface area contributed by atoms with Crippen LogP contribution in [0.5, 0.6) is 0 Å². The van der Waals surface area contributed by atoms with Crippen molar-refractivity contribution in [2.75, 3.05) is 33.0 Å². The Labute approximate surface area is 177 Å². The van der Waals surface area contributed by atoms with E-state index in [1.54, 1.807) is 31.2 Å². The highest BCUT2D eigenvalue weighted by Crippen LogP contribution is 2.15. The zero-order valence-electron chi connectivity index (χ0n) is 16.9. The van der Waals surface area contributed by atoms with Crippen LogP contribution in [0.4, 0.5) is 0 Å². The maximum atomic E-state index is 12.9. The maximum Gasteiger partial charge on any atom is 0.242 e. The molecular formula is C19H28ClN3O5S. The molecule has 0 spiro atoms. The highest BCUT2D eigenvalue weighted by molar-refractivity contribution is 7.88. The fraction of sp³-hybridized carbons (Fsp3) is 0.579. The molecule has 1 saturated heterocycles. The molecule has 162 valence electrons. The van der Waals surface area contributed by atoms with Crippen molar-refractivity contribution in [2.45, 2.75) is 38.5 Å². The van der Waals surface area contributed by atoms with Crippen LogP contribution in [0.15, 0.2) is 24.3 Å². The van der Waals surface area contributed by atoms with Gasteiger partial charge in [-0.3, -0.25) is 9.59 Å². The molecule has 8 nitrogen and oxygen atoms in total. The van der Waals surface area contributed by atoms with Crippen molar-refractivity contribution in [1.82, 2.24) is 14.5 Å². The first-order valence-electron chi connectivity index (χ1n) is 9.42. The molecule has 1 N–H and O–H groups in total. The number of hydrogen-bond donors (Lipinski definition) is 1. The topological polar surface area (TPSA) is 96.0 Å². The molecule has 0 bridgehead atoms. The van der Waals surface area contributed by atoms with E-state index in [9.17, 15) is 18.0 Å². The van der Waals surface area contributed by atoms with Crippen molar-refractivity contribution in [3.05, 3.63) is 34.9 Å². The third-order valence-corrected chi connectivity index (χ3v) is 6.40. The van der Waals surface area contributed by atoms with Gasteiger partial charge in [-0.2, -0.15) is 4.31 Å². The molecule has 0 saturated carbocycles. The van der Waals surface area contributed by atoms with E-state index in [1.807, 2.05) is 0 Å². The summed E-state index contributed by atoms with van der Waals surface area (Å²) in [4.78, 5) is 26.9. The number of nitrogens with one attached hydrogen (secondary N) is 1. The summed E-state index contributed by atoms with van der Waals surface area (Å²) in [6, 6.07) is 6.14. The van der Waals surface area contributed by atoms with Gasteiger partial charge in [0.25, 0.3) is 0 Å². The number of nitrogens with zero attached hydrogens (tertiary/aromatic N) is 2. The van der Waals surface area contributed by atoms with E-state index in [4.69, 9.17) is 16.3 Å². The Bertz CT molecular complexity index is 810. The number of benzene rings is 1. The molecule has 0 aromatic heterocycles. The van der Waals surface area contributed by atoms with Gasteiger partial charge in [0.15, 0.2) is 0 Å². The number of sulfonamides is 1. The average molecular weight is 446 g/mol. The summed E-state index contributed by atoms with van der Waals surface area (Å²) in [6.45, 7) is 2.50. The molecule has 1 aromatic rings. The van der Waals surface area contributed by atoms with Gasteiger partial charge < -0.3 is 15.0 Å². The number of rotatable bonds is 9. The predicted molar refractivity (Wildman–Crippen MR) is 111 cm³/mol. The summed E-state index contributed by atoms with van der Waals surface area (Å²) in [5.74, 6) is -0.780. The largest absolute Gasteiger partial charge is 0.376 e. The second-order valence-corrected chi connectivity index (χ2v) is 9.75. The van der Waals surface area contributed by atoms with Crippen LogP contribution >= 0.6 is 11.6 Å². The van der Waals surface area contributed by atoms with Crippen molar-refractivity contribution in [1.29, 1.82) is 0 Å². The molecule has 29 heavy (non-hydrogen) atoms. The van der Waals surface area contributed by atoms with E-state index in [0.717, 1.165) is 29.0 Å². The lowest BCUT2D eigenvalue weighted by Gasteiger charge is -2.30. The van der Waals surface area contributed by atoms with E-state index in [0.29, 0.717) is 18.2 Å². The van der Waals surface area contributed by atoms with E-state index in [1.165, 1.54) is 11.9 Å². The van der Waals surface area contributed by atoms with Crippen molar-refractivity contribution in [3.63, 3.8) is 0 Å². The van der Waals surface area contributed by atoms with Crippen LogP contribution in [0.25, 0.3) is 0 Å². The smallest absolute Gasteiger partial charge is 0.242 e. The highest BCUT2D eigenvalue weighted by atomic mass is 35.5. The normalized spacial score (nSPS) is 17.9. The summed E-state index contributed by atoms with van der Waals surface area (Å²) in [6.07, 6.45) is 2.88. The second-order valence-electron chi connectivity index (χ2n) is 7.22. The highest BCUT2D eigenvalue weighted by Gasteiger charge is 2.29. The molecule has 1 aromatic carbocycles. The van der Waals surface area contributed by atoms with Gasteiger partial charge in [0.1, 0.15) is 6.04 Å². The third kappa shape index (κ3) is 7.26. The molecule has 2 rings (SSSR count). The van der Waals surface area contributed by atoms with Gasteiger partial charge in [-0.1, -0.05) is 23.7 Å². The molecule has 0 unspecified atom stereocenters. The van der Waals surface area contributed by atoms with Gasteiger partial charge in [-0.25, -0.2) is 8.42 Å². The van der Waals surface area contributed by atoms with Crippen LogP contribution in [0.1, 0.15) is 25.3 Å². The lowest BCUT2D eigenvalue weighted by Crippen LogP contribution is -2.51. The number of carbonyl (C=O) groups is 2. The van der Waals surface area contributed by atoms with Gasteiger partial charge in [-0.05, 0) is 37.5 Å². The molecule has 10 heteroatoms. The molecule has 1 aliphatic heterocycles. The molecule has 1 fully saturated rings. The minimum atomic E-state index is -3.53. The van der Waals surface area contributed by atoms with Crippen molar-refractivity contribution in [3.8, 4) is 0 Å². The van der Waals surface area contributed by atoms with Crippen molar-refractivity contribution in [2.24, 2.45) is 0 Å². The first kappa shape index (κ1) is 23.6. The Morgan fingerprint density at radius 2 is 1.97 bits per heavy atom. The SMILES string of the molecule is C[C@@H](C(=O)NC[C@H]1CCCO1)N(Cc1ccc(Cl)cc1)C(=O)CN(C)S(C)(=O)=O. The van der Waals surface area contributed by atoms with Crippen LogP contribution in [0, 0.1) is 0 Å². The minimum Gasteiger partial charge on any atom is -0.376 e. The molecule has 0 aliphatic carbocycles. The van der Waals surface area contributed by atoms with Gasteiger partial charge in [0, 0.05) is 31.8 Å². The van der Waals surface area contributed by atoms with Crippen LogP contribution in [0.2, 0.25) is 5.02 Å². The van der Waals surface area contributed by atoms with E-state index < -0.39 is 22.0 Å². The molecule has 2 amide bonds. The number of likely N-dealkylation sites (N-methyl/N-ethyl adjacent to an activating group) is 1. The summed E-state index contributed by atoms with van der Waals surface area (Å²) in [7, 11) is -2.20. The van der Waals surface area contributed by atoms with Gasteiger partial charge in [-0.15, -0.1) is 0 Å². The lowest BCUT2D eigenvalue weighted by atomic mass is 10.1. The Balaban J connectivity index is 2.11. The Morgan fingerprint density at radius 3 is 2.52 bits per heavy atom. The number of halogens is 1. The van der Waals surface area contributed by atoms with E-state index in [2.05, 4.69) is 5.32 Å².